The van der Waals surface area contributed by atoms with E-state index in [-0.39, 0.29) is 11.5 Å². The van der Waals surface area contributed by atoms with Gasteiger partial charge in [0, 0.05) is 43.7 Å². The minimum absolute atomic E-state index is 0.185. The number of hydrogen-bond acceptors (Lipinski definition) is 6. The first-order chi connectivity index (χ1) is 13.5. The first-order valence-electron chi connectivity index (χ1n) is 9.73. The minimum atomic E-state index is -0.185. The molecule has 2 aliphatic rings. The summed E-state index contributed by atoms with van der Waals surface area (Å²) < 4.78 is 10.8. The number of rotatable bonds is 4. The number of aryl methyl sites for hydroxylation is 1. The number of likely N-dealkylation sites (tertiary alicyclic amines) is 1. The standard InChI is InChI=1S/C20H26N4O4/c1-12-17-14(11-15(27-2)18(12)28-3)21-20(22-19(17)26)23-9-6-13(7-10-23)24-8-4-5-16(24)25/h11,13H,4-10H2,1-3H3,(H,21,22,26). The lowest BCUT2D eigenvalue weighted by Gasteiger charge is -2.36. The van der Waals surface area contributed by atoms with Crippen molar-refractivity contribution in [3.8, 4) is 11.5 Å². The molecule has 1 aromatic carbocycles. The third kappa shape index (κ3) is 3.06. The zero-order chi connectivity index (χ0) is 19.8. The summed E-state index contributed by atoms with van der Waals surface area (Å²) in [6.45, 7) is 4.22. The van der Waals surface area contributed by atoms with E-state index in [9.17, 15) is 9.59 Å². The Labute approximate surface area is 163 Å². The van der Waals surface area contributed by atoms with Gasteiger partial charge in [-0.05, 0) is 26.2 Å². The lowest BCUT2D eigenvalue weighted by molar-refractivity contribution is -0.130. The number of methoxy groups -OCH3 is 2. The molecule has 150 valence electrons. The van der Waals surface area contributed by atoms with Crippen LogP contribution in [0.5, 0.6) is 11.5 Å². The van der Waals surface area contributed by atoms with Gasteiger partial charge >= 0.3 is 0 Å². The molecule has 2 aromatic rings. The second-order valence-corrected chi connectivity index (χ2v) is 7.43. The van der Waals surface area contributed by atoms with E-state index < -0.39 is 0 Å². The van der Waals surface area contributed by atoms with E-state index in [0.717, 1.165) is 38.9 Å². The van der Waals surface area contributed by atoms with Crippen molar-refractivity contribution in [1.82, 2.24) is 14.9 Å². The van der Waals surface area contributed by atoms with Crippen molar-refractivity contribution in [3.05, 3.63) is 22.0 Å². The van der Waals surface area contributed by atoms with Crippen LogP contribution < -0.4 is 19.9 Å². The maximum absolute atomic E-state index is 12.8. The third-order valence-corrected chi connectivity index (χ3v) is 5.88. The summed E-state index contributed by atoms with van der Waals surface area (Å²) in [7, 11) is 3.13. The summed E-state index contributed by atoms with van der Waals surface area (Å²) >= 11 is 0. The number of anilines is 1. The highest BCUT2D eigenvalue weighted by molar-refractivity contribution is 5.86. The lowest BCUT2D eigenvalue weighted by atomic mass is 10.0. The van der Waals surface area contributed by atoms with Gasteiger partial charge in [0.05, 0.1) is 25.1 Å². The van der Waals surface area contributed by atoms with E-state index in [1.54, 1.807) is 20.3 Å². The number of ether oxygens (including phenoxy) is 2. The van der Waals surface area contributed by atoms with Gasteiger partial charge in [-0.25, -0.2) is 4.98 Å². The lowest BCUT2D eigenvalue weighted by Crippen LogP contribution is -2.46. The van der Waals surface area contributed by atoms with Crippen LogP contribution in [0.15, 0.2) is 10.9 Å². The fraction of sp³-hybridized carbons (Fsp3) is 0.550. The molecular formula is C20H26N4O4. The smallest absolute Gasteiger partial charge is 0.260 e. The van der Waals surface area contributed by atoms with Crippen LogP contribution in [0.3, 0.4) is 0 Å². The summed E-state index contributed by atoms with van der Waals surface area (Å²) in [4.78, 5) is 36.5. The zero-order valence-corrected chi connectivity index (χ0v) is 16.6. The summed E-state index contributed by atoms with van der Waals surface area (Å²) in [6, 6.07) is 2.04. The number of nitrogens with one attached hydrogen (secondary N) is 1. The fourth-order valence-electron chi connectivity index (χ4n) is 4.43. The van der Waals surface area contributed by atoms with Crippen molar-refractivity contribution in [2.24, 2.45) is 0 Å². The van der Waals surface area contributed by atoms with Gasteiger partial charge < -0.3 is 19.3 Å². The maximum Gasteiger partial charge on any atom is 0.260 e. The van der Waals surface area contributed by atoms with E-state index in [4.69, 9.17) is 14.5 Å². The fourth-order valence-corrected chi connectivity index (χ4v) is 4.43. The van der Waals surface area contributed by atoms with Crippen molar-refractivity contribution in [1.29, 1.82) is 0 Å². The average Bonchev–Trinajstić information content (AvgIpc) is 3.13. The molecule has 0 radical (unpaired) electrons. The maximum atomic E-state index is 12.8. The molecule has 1 amide bonds. The zero-order valence-electron chi connectivity index (χ0n) is 16.6. The molecular weight excluding hydrogens is 360 g/mol. The number of hydrogen-bond donors (Lipinski definition) is 1. The molecule has 0 spiro atoms. The molecule has 8 heteroatoms. The van der Waals surface area contributed by atoms with Crippen LogP contribution in [-0.4, -0.2) is 60.7 Å². The average molecular weight is 386 g/mol. The molecule has 2 aliphatic heterocycles. The number of aromatic nitrogens is 2. The number of H-pyrrole nitrogens is 1. The molecule has 3 heterocycles. The Balaban J connectivity index is 1.61. The Bertz CT molecular complexity index is 963. The van der Waals surface area contributed by atoms with E-state index in [1.165, 1.54) is 0 Å². The molecule has 0 unspecified atom stereocenters. The van der Waals surface area contributed by atoms with Crippen LogP contribution in [0.1, 0.15) is 31.2 Å². The minimum Gasteiger partial charge on any atom is -0.493 e. The number of aromatic amines is 1. The van der Waals surface area contributed by atoms with E-state index >= 15 is 0 Å². The largest absolute Gasteiger partial charge is 0.493 e. The molecule has 1 N–H and O–H groups in total. The van der Waals surface area contributed by atoms with Crippen LogP contribution in [0.4, 0.5) is 5.95 Å². The van der Waals surface area contributed by atoms with E-state index in [1.807, 2.05) is 11.8 Å². The topological polar surface area (TPSA) is 87.8 Å². The Hall–Kier alpha value is -2.77. The number of carbonyl (C=O) groups is 1. The van der Waals surface area contributed by atoms with Crippen molar-refractivity contribution in [3.63, 3.8) is 0 Å². The monoisotopic (exact) mass is 386 g/mol. The van der Waals surface area contributed by atoms with Crippen molar-refractivity contribution < 1.29 is 14.3 Å². The third-order valence-electron chi connectivity index (χ3n) is 5.88. The van der Waals surface area contributed by atoms with Gasteiger partial charge in [0.25, 0.3) is 5.56 Å². The van der Waals surface area contributed by atoms with Crippen LogP contribution in [0.25, 0.3) is 10.9 Å². The summed E-state index contributed by atoms with van der Waals surface area (Å²) in [5.74, 6) is 1.94. The molecule has 4 rings (SSSR count). The van der Waals surface area contributed by atoms with Gasteiger partial charge in [0.2, 0.25) is 11.9 Å². The normalized spacial score (nSPS) is 18.2. The number of benzene rings is 1. The molecule has 2 saturated heterocycles. The van der Waals surface area contributed by atoms with Gasteiger partial charge in [-0.2, -0.15) is 0 Å². The number of carbonyl (C=O) groups excluding carboxylic acids is 1. The van der Waals surface area contributed by atoms with Crippen molar-refractivity contribution in [2.45, 2.75) is 38.6 Å². The molecule has 1 aromatic heterocycles. The van der Waals surface area contributed by atoms with Gasteiger partial charge in [0.1, 0.15) is 0 Å². The molecule has 8 nitrogen and oxygen atoms in total. The highest BCUT2D eigenvalue weighted by Crippen LogP contribution is 2.35. The number of fused-ring (bicyclic) bond motifs is 1. The highest BCUT2D eigenvalue weighted by atomic mass is 16.5. The Kier molecular flexibility index (Phi) is 4.87. The second-order valence-electron chi connectivity index (χ2n) is 7.43. The Morgan fingerprint density at radius 3 is 2.50 bits per heavy atom. The predicted molar refractivity (Wildman–Crippen MR) is 106 cm³/mol. The number of piperidine rings is 1. The van der Waals surface area contributed by atoms with Crippen LogP contribution in [0, 0.1) is 6.92 Å². The Morgan fingerprint density at radius 2 is 1.89 bits per heavy atom. The predicted octanol–water partition coefficient (Wildman–Crippen LogP) is 1.84. The van der Waals surface area contributed by atoms with E-state index in [0.29, 0.717) is 46.4 Å². The van der Waals surface area contributed by atoms with Crippen LogP contribution in [0.2, 0.25) is 0 Å². The molecule has 0 atom stereocenters. The molecule has 0 bridgehead atoms. The van der Waals surface area contributed by atoms with Gasteiger partial charge in [-0.1, -0.05) is 0 Å². The van der Waals surface area contributed by atoms with Crippen molar-refractivity contribution in [2.75, 3.05) is 38.8 Å². The van der Waals surface area contributed by atoms with Gasteiger partial charge in [0.15, 0.2) is 11.5 Å². The molecule has 0 saturated carbocycles. The van der Waals surface area contributed by atoms with E-state index in [2.05, 4.69) is 9.88 Å². The summed E-state index contributed by atoms with van der Waals surface area (Å²) in [5.41, 5.74) is 1.12. The van der Waals surface area contributed by atoms with Gasteiger partial charge in [-0.3, -0.25) is 14.6 Å². The second kappa shape index (κ2) is 7.33. The Morgan fingerprint density at radius 1 is 1.14 bits per heavy atom. The SMILES string of the molecule is COc1cc2nc(N3CCC(N4CCCC4=O)CC3)[nH]c(=O)c2c(C)c1OC. The first-order valence-corrected chi connectivity index (χ1v) is 9.73. The summed E-state index contributed by atoms with van der Waals surface area (Å²) in [5, 5.41) is 0.513. The van der Waals surface area contributed by atoms with Gasteiger partial charge in [-0.15, -0.1) is 0 Å². The quantitative estimate of drug-likeness (QED) is 0.863. The van der Waals surface area contributed by atoms with Crippen molar-refractivity contribution >= 4 is 22.8 Å². The van der Waals surface area contributed by atoms with Crippen LogP contribution in [-0.2, 0) is 4.79 Å². The molecule has 2 fully saturated rings. The highest BCUT2D eigenvalue weighted by Gasteiger charge is 2.31. The summed E-state index contributed by atoms with van der Waals surface area (Å²) in [6.07, 6.45) is 3.41. The van der Waals surface area contributed by atoms with Crippen LogP contribution >= 0.6 is 0 Å². The number of nitrogens with zero attached hydrogens (tertiary/aromatic N) is 3. The molecule has 28 heavy (non-hydrogen) atoms. The number of amides is 1. The first kappa shape index (κ1) is 18.6. The molecule has 0 aliphatic carbocycles.